The summed E-state index contributed by atoms with van der Waals surface area (Å²) in [4.78, 5) is 11.0. The van der Waals surface area contributed by atoms with Crippen LogP contribution in [0.2, 0.25) is 0 Å². The molecule has 0 aromatic rings. The summed E-state index contributed by atoms with van der Waals surface area (Å²) in [5, 5.41) is 0. The van der Waals surface area contributed by atoms with Crippen molar-refractivity contribution in [3.05, 3.63) is 0 Å². The molecule has 2 unspecified atom stereocenters. The third-order valence-corrected chi connectivity index (χ3v) is 3.67. The topological polar surface area (TPSA) is 58.6 Å². The summed E-state index contributed by atoms with van der Waals surface area (Å²) in [6.07, 6.45) is -6.88. The van der Waals surface area contributed by atoms with E-state index in [0.29, 0.717) is 0 Å². The first-order valence-electron chi connectivity index (χ1n) is 6.20. The molecule has 15 heteroatoms. The van der Waals surface area contributed by atoms with Gasteiger partial charge in [-0.3, -0.25) is 4.57 Å². The molecule has 0 aromatic carbocycles. The molecule has 0 aliphatic carbocycles. The minimum absolute atomic E-state index is 0.0297. The summed E-state index contributed by atoms with van der Waals surface area (Å²) in [5.41, 5.74) is 0. The van der Waals surface area contributed by atoms with Crippen LogP contribution in [0.3, 0.4) is 0 Å². The third-order valence-electron chi connectivity index (χ3n) is 2.78. The first-order valence-corrected chi connectivity index (χ1v) is 7.66. The van der Waals surface area contributed by atoms with E-state index < -0.39 is 57.1 Å². The number of hydrogen-bond donors (Lipinski definition) is 0. The van der Waals surface area contributed by atoms with Crippen molar-refractivity contribution >= 4 is 7.82 Å². The molecule has 0 bridgehead atoms. The van der Waals surface area contributed by atoms with Crippen LogP contribution in [0.25, 0.3) is 0 Å². The predicted octanol–water partition coefficient (Wildman–Crippen LogP) is 3.75. The van der Waals surface area contributed by atoms with Crippen LogP contribution in [0, 0.1) is 0 Å². The normalized spacial score (nSPS) is 19.4. The molecular formula is C10H12F10O4P-. The van der Waals surface area contributed by atoms with Gasteiger partial charge in [-0.25, -0.2) is 8.78 Å². The molecule has 0 aromatic heterocycles. The molecule has 0 fully saturated rings. The van der Waals surface area contributed by atoms with Gasteiger partial charge in [0.15, 0.2) is 12.3 Å². The molecular weight excluding hydrogens is 405 g/mol. The van der Waals surface area contributed by atoms with Crippen LogP contribution in [0.5, 0.6) is 0 Å². The molecule has 4 nitrogen and oxygen atoms in total. The van der Waals surface area contributed by atoms with Gasteiger partial charge in [0.05, 0.1) is 0 Å². The van der Waals surface area contributed by atoms with Gasteiger partial charge in [-0.15, -0.1) is 0 Å². The van der Waals surface area contributed by atoms with E-state index in [2.05, 4.69) is 9.05 Å². The summed E-state index contributed by atoms with van der Waals surface area (Å²) in [6, 6.07) is 0. The first-order chi connectivity index (χ1) is 10.8. The van der Waals surface area contributed by atoms with Crippen molar-refractivity contribution in [1.29, 1.82) is 0 Å². The average Bonchev–Trinajstić information content (AvgIpc) is 2.43. The Bertz CT molecular complexity index is 456. The molecule has 0 aliphatic rings. The Hall–Kier alpha value is -0.590. The summed E-state index contributed by atoms with van der Waals surface area (Å²) < 4.78 is 146. The Morgan fingerprint density at radius 2 is 1.04 bits per heavy atom. The van der Waals surface area contributed by atoms with Crippen LogP contribution < -0.4 is 4.89 Å². The molecule has 152 valence electrons. The van der Waals surface area contributed by atoms with Gasteiger partial charge in [0.25, 0.3) is 7.82 Å². The summed E-state index contributed by atoms with van der Waals surface area (Å²) in [7, 11) is -6.21. The number of phosphoric ester groups is 1. The molecule has 0 saturated heterocycles. The van der Waals surface area contributed by atoms with Gasteiger partial charge >= 0.3 is 23.7 Å². The molecule has 0 rings (SSSR count). The van der Waals surface area contributed by atoms with Crippen LogP contribution in [0.15, 0.2) is 0 Å². The highest BCUT2D eigenvalue weighted by Crippen LogP contribution is 2.47. The fourth-order valence-electron chi connectivity index (χ4n) is 1.13. The molecule has 0 heterocycles. The highest BCUT2D eigenvalue weighted by Gasteiger charge is 2.62. The average molecular weight is 417 g/mol. The number of alkyl halides is 10. The minimum atomic E-state index is -6.21. The van der Waals surface area contributed by atoms with Gasteiger partial charge in [-0.2, -0.15) is 35.1 Å². The second-order valence-electron chi connectivity index (χ2n) is 4.88. The lowest BCUT2D eigenvalue weighted by atomic mass is 10.1. The van der Waals surface area contributed by atoms with Crippen LogP contribution in [-0.4, -0.2) is 49.2 Å². The molecule has 0 spiro atoms. The summed E-state index contributed by atoms with van der Waals surface area (Å²) >= 11 is 0. The number of halogens is 10. The smallest absolute Gasteiger partial charge is 0.342 e. The molecule has 2 atom stereocenters. The Labute approximate surface area is 134 Å². The minimum Gasteiger partial charge on any atom is -0.756 e. The Balaban J connectivity index is 4.95. The summed E-state index contributed by atoms with van der Waals surface area (Å²) in [5.74, 6) is -21.6. The van der Waals surface area contributed by atoms with E-state index in [-0.39, 0.29) is 13.8 Å². The van der Waals surface area contributed by atoms with E-state index in [1.54, 1.807) is 0 Å². The third kappa shape index (κ3) is 5.69. The fourth-order valence-corrected chi connectivity index (χ4v) is 1.85. The second-order valence-corrected chi connectivity index (χ2v) is 6.29. The zero-order valence-corrected chi connectivity index (χ0v) is 13.3. The van der Waals surface area contributed by atoms with Crippen molar-refractivity contribution in [3.8, 4) is 0 Å². The highest BCUT2D eigenvalue weighted by atomic mass is 31.2. The van der Waals surface area contributed by atoms with Gasteiger partial charge in [-0.1, -0.05) is 0 Å². The second kappa shape index (κ2) is 7.57. The highest BCUT2D eigenvalue weighted by molar-refractivity contribution is 7.45. The van der Waals surface area contributed by atoms with E-state index in [1.165, 1.54) is 0 Å². The van der Waals surface area contributed by atoms with E-state index in [1.807, 2.05) is 0 Å². The van der Waals surface area contributed by atoms with E-state index >= 15 is 0 Å². The zero-order valence-electron chi connectivity index (χ0n) is 12.4. The van der Waals surface area contributed by atoms with Crippen molar-refractivity contribution in [2.45, 2.75) is 49.9 Å². The fraction of sp³-hybridized carbons (Fsp3) is 1.00. The SMILES string of the molecule is CC(F)C(F)(F)C(F)(F)COP(=O)([O-])OCC(F)(F)C(F)(F)C(C)F. The predicted molar refractivity (Wildman–Crippen MR) is 60.4 cm³/mol. The van der Waals surface area contributed by atoms with Crippen molar-refractivity contribution in [1.82, 2.24) is 0 Å². The maximum Gasteiger partial charge on any atom is 0.342 e. The van der Waals surface area contributed by atoms with Gasteiger partial charge in [0.2, 0.25) is 0 Å². The lowest BCUT2D eigenvalue weighted by Gasteiger charge is -2.32. The van der Waals surface area contributed by atoms with Crippen molar-refractivity contribution in [2.24, 2.45) is 0 Å². The Morgan fingerprint density at radius 3 is 1.24 bits per heavy atom. The maximum absolute atomic E-state index is 13.0. The first kappa shape index (κ1) is 24.4. The van der Waals surface area contributed by atoms with E-state index in [9.17, 15) is 53.4 Å². The molecule has 0 radical (unpaired) electrons. The Kier molecular flexibility index (Phi) is 7.39. The number of rotatable bonds is 10. The molecule has 0 N–H and O–H groups in total. The van der Waals surface area contributed by atoms with Crippen molar-refractivity contribution in [3.63, 3.8) is 0 Å². The lowest BCUT2D eigenvalue weighted by molar-refractivity contribution is -0.277. The summed E-state index contributed by atoms with van der Waals surface area (Å²) in [6.45, 7) is -5.36. The number of phosphoric acid groups is 1. The van der Waals surface area contributed by atoms with Gasteiger partial charge in [-0.05, 0) is 13.8 Å². The van der Waals surface area contributed by atoms with E-state index in [0.717, 1.165) is 0 Å². The maximum atomic E-state index is 13.0. The zero-order chi connectivity index (χ0) is 20.5. The lowest BCUT2D eigenvalue weighted by Crippen LogP contribution is -2.50. The van der Waals surface area contributed by atoms with Crippen LogP contribution >= 0.6 is 7.82 Å². The van der Waals surface area contributed by atoms with Crippen molar-refractivity contribution in [2.75, 3.05) is 13.2 Å². The van der Waals surface area contributed by atoms with Crippen LogP contribution in [0.4, 0.5) is 43.9 Å². The van der Waals surface area contributed by atoms with E-state index in [4.69, 9.17) is 0 Å². The van der Waals surface area contributed by atoms with Gasteiger partial charge in [0.1, 0.15) is 13.2 Å². The van der Waals surface area contributed by atoms with Gasteiger partial charge < -0.3 is 13.9 Å². The Morgan fingerprint density at radius 1 is 0.800 bits per heavy atom. The van der Waals surface area contributed by atoms with Crippen LogP contribution in [-0.2, 0) is 13.6 Å². The molecule has 0 amide bonds. The molecule has 25 heavy (non-hydrogen) atoms. The molecule has 0 aliphatic heterocycles. The number of hydrogen-bond acceptors (Lipinski definition) is 4. The molecule has 0 saturated carbocycles. The van der Waals surface area contributed by atoms with Crippen molar-refractivity contribution < 1.29 is 62.4 Å². The standard InChI is InChI=1S/C10H13F10O4P/c1-5(11)9(17,18)7(13,14)3-23-25(21,22)24-4-8(15,16)10(19,20)6(2)12/h5-6H,3-4H2,1-2H3,(H,21,22)/p-1. The largest absolute Gasteiger partial charge is 0.756 e. The van der Waals surface area contributed by atoms with Crippen LogP contribution in [0.1, 0.15) is 13.8 Å². The van der Waals surface area contributed by atoms with Gasteiger partial charge in [0, 0.05) is 0 Å². The monoisotopic (exact) mass is 417 g/mol. The quantitative estimate of drug-likeness (QED) is 0.402.